The topological polar surface area (TPSA) is 46.6 Å². The predicted octanol–water partition coefficient (Wildman–Crippen LogP) is 0.541. The van der Waals surface area contributed by atoms with E-state index in [1.54, 1.807) is 0 Å². The third-order valence-corrected chi connectivity index (χ3v) is 2.00. The first-order chi connectivity index (χ1) is 6.84. The van der Waals surface area contributed by atoms with Crippen molar-refractivity contribution in [2.75, 3.05) is 19.0 Å². The highest BCUT2D eigenvalue weighted by Gasteiger charge is 2.47. The Morgan fingerprint density at radius 2 is 1.93 bits per heavy atom. The van der Waals surface area contributed by atoms with Crippen LogP contribution in [0.2, 0.25) is 0 Å². The molecule has 86 valence electrons. The molecular formula is C7H7ClF3NO3. The van der Waals surface area contributed by atoms with Gasteiger partial charge in [-0.1, -0.05) is 0 Å². The fourth-order valence-corrected chi connectivity index (χ4v) is 1.14. The molecule has 0 radical (unpaired) electrons. The van der Waals surface area contributed by atoms with Gasteiger partial charge in [0.15, 0.2) is 0 Å². The van der Waals surface area contributed by atoms with Gasteiger partial charge in [0, 0.05) is 0 Å². The molecule has 0 aliphatic carbocycles. The summed E-state index contributed by atoms with van der Waals surface area (Å²) in [6.45, 7) is -0.470. The summed E-state index contributed by atoms with van der Waals surface area (Å²) < 4.78 is 40.2. The van der Waals surface area contributed by atoms with E-state index < -0.39 is 24.2 Å². The van der Waals surface area contributed by atoms with E-state index in [-0.39, 0.29) is 19.0 Å². The molecule has 0 atom stereocenters. The zero-order valence-electron chi connectivity index (χ0n) is 7.38. The molecule has 0 unspecified atom stereocenters. The highest BCUT2D eigenvalue weighted by molar-refractivity contribution is 6.26. The molecule has 4 nitrogen and oxygen atoms in total. The van der Waals surface area contributed by atoms with Gasteiger partial charge in [-0.25, -0.2) is 0 Å². The van der Waals surface area contributed by atoms with E-state index in [0.717, 1.165) is 0 Å². The molecule has 1 aliphatic heterocycles. The van der Waals surface area contributed by atoms with Crippen LogP contribution in [0.25, 0.3) is 0 Å². The van der Waals surface area contributed by atoms with Crippen molar-refractivity contribution in [2.24, 2.45) is 0 Å². The summed E-state index contributed by atoms with van der Waals surface area (Å²) >= 11 is 5.11. The van der Waals surface area contributed by atoms with E-state index in [2.05, 4.69) is 4.74 Å². The van der Waals surface area contributed by atoms with Gasteiger partial charge in [-0.15, -0.1) is 11.6 Å². The molecule has 0 bridgehead atoms. The minimum absolute atomic E-state index is 0.235. The Morgan fingerprint density at radius 1 is 1.40 bits per heavy atom. The van der Waals surface area contributed by atoms with E-state index in [1.165, 1.54) is 0 Å². The summed E-state index contributed by atoms with van der Waals surface area (Å²) in [6, 6.07) is 0. The summed E-state index contributed by atoms with van der Waals surface area (Å²) in [5, 5.41) is 0. The molecule has 0 N–H and O–H groups in total. The molecule has 1 heterocycles. The molecule has 0 aromatic rings. The van der Waals surface area contributed by atoms with Crippen LogP contribution in [-0.2, 0) is 14.3 Å². The summed E-state index contributed by atoms with van der Waals surface area (Å²) in [6.07, 6.45) is -5.55. The van der Waals surface area contributed by atoms with E-state index in [4.69, 9.17) is 11.6 Å². The molecule has 0 saturated carbocycles. The number of carbonyl (C=O) groups excluding carboxylic acids is 2. The Hall–Kier alpha value is -0.980. The van der Waals surface area contributed by atoms with Gasteiger partial charge in [-0.05, 0) is 0 Å². The summed E-state index contributed by atoms with van der Waals surface area (Å²) in [5.74, 6) is -2.98. The van der Waals surface area contributed by atoms with Crippen LogP contribution in [0.4, 0.5) is 13.2 Å². The fraction of sp³-hybridized carbons (Fsp3) is 0.714. The standard InChI is InChI=1S/C7H7ClF3NO3/c8-1-5(13)15-4-2-12(3-4)6(14)7(9,10)11/h4H,1-3H2. The average molecular weight is 246 g/mol. The first kappa shape index (κ1) is 12.1. The second kappa shape index (κ2) is 4.26. The van der Waals surface area contributed by atoms with Crippen LogP contribution in [0.5, 0.6) is 0 Å². The van der Waals surface area contributed by atoms with Crippen molar-refractivity contribution in [1.82, 2.24) is 4.90 Å². The second-order valence-electron chi connectivity index (χ2n) is 2.95. The first-order valence-electron chi connectivity index (χ1n) is 3.96. The van der Waals surface area contributed by atoms with Crippen molar-refractivity contribution in [2.45, 2.75) is 12.3 Å². The average Bonchev–Trinajstić information content (AvgIpc) is 2.07. The van der Waals surface area contributed by atoms with Crippen LogP contribution in [-0.4, -0.2) is 48.0 Å². The van der Waals surface area contributed by atoms with Crippen LogP contribution in [0.15, 0.2) is 0 Å². The number of rotatable bonds is 2. The maximum Gasteiger partial charge on any atom is 0.471 e. The molecule has 0 aromatic carbocycles. The number of alkyl halides is 4. The number of nitrogens with zero attached hydrogens (tertiary/aromatic N) is 1. The zero-order valence-corrected chi connectivity index (χ0v) is 8.14. The number of halogens is 4. The van der Waals surface area contributed by atoms with E-state index >= 15 is 0 Å². The van der Waals surface area contributed by atoms with E-state index in [1.807, 2.05) is 0 Å². The molecular weight excluding hydrogens is 239 g/mol. The van der Waals surface area contributed by atoms with Crippen LogP contribution in [0.3, 0.4) is 0 Å². The maximum absolute atomic E-state index is 11.9. The van der Waals surface area contributed by atoms with Gasteiger partial charge in [0.05, 0.1) is 13.1 Å². The molecule has 1 amide bonds. The highest BCUT2D eigenvalue weighted by atomic mass is 35.5. The Labute approximate surface area is 87.9 Å². The third-order valence-electron chi connectivity index (χ3n) is 1.78. The van der Waals surface area contributed by atoms with Gasteiger partial charge in [-0.2, -0.15) is 13.2 Å². The van der Waals surface area contributed by atoms with Gasteiger partial charge < -0.3 is 9.64 Å². The SMILES string of the molecule is O=C(CCl)OC1CN(C(=O)C(F)(F)F)C1. The summed E-state index contributed by atoms with van der Waals surface area (Å²) in [7, 11) is 0. The van der Waals surface area contributed by atoms with Crippen LogP contribution in [0, 0.1) is 0 Å². The molecule has 8 heteroatoms. The normalized spacial score (nSPS) is 17.2. The smallest absolute Gasteiger partial charge is 0.458 e. The molecule has 1 rings (SSSR count). The third kappa shape index (κ3) is 2.98. The van der Waals surface area contributed by atoms with Crippen molar-refractivity contribution in [3.63, 3.8) is 0 Å². The van der Waals surface area contributed by atoms with Crippen molar-refractivity contribution < 1.29 is 27.5 Å². The second-order valence-corrected chi connectivity index (χ2v) is 3.22. The van der Waals surface area contributed by atoms with Gasteiger partial charge in [0.1, 0.15) is 12.0 Å². The number of hydrogen-bond donors (Lipinski definition) is 0. The van der Waals surface area contributed by atoms with Gasteiger partial charge in [-0.3, -0.25) is 9.59 Å². The van der Waals surface area contributed by atoms with Gasteiger partial charge >= 0.3 is 18.1 Å². The molecule has 1 saturated heterocycles. The number of esters is 1. The summed E-state index contributed by atoms with van der Waals surface area (Å²) in [4.78, 5) is 21.8. The Balaban J connectivity index is 2.32. The van der Waals surface area contributed by atoms with Crippen LogP contribution >= 0.6 is 11.6 Å². The lowest BCUT2D eigenvalue weighted by Gasteiger charge is -2.38. The molecule has 0 spiro atoms. The zero-order chi connectivity index (χ0) is 11.6. The van der Waals surface area contributed by atoms with Crippen molar-refractivity contribution in [3.8, 4) is 0 Å². The lowest BCUT2D eigenvalue weighted by molar-refractivity contribution is -0.197. The van der Waals surface area contributed by atoms with Crippen LogP contribution < -0.4 is 0 Å². The minimum Gasteiger partial charge on any atom is -0.458 e. The van der Waals surface area contributed by atoms with Crippen molar-refractivity contribution in [1.29, 1.82) is 0 Å². The van der Waals surface area contributed by atoms with Gasteiger partial charge in [0.2, 0.25) is 0 Å². The predicted molar refractivity (Wildman–Crippen MR) is 43.2 cm³/mol. The number of carbonyl (C=O) groups is 2. The Morgan fingerprint density at radius 3 is 2.33 bits per heavy atom. The van der Waals surface area contributed by atoms with Crippen LogP contribution in [0.1, 0.15) is 0 Å². The quantitative estimate of drug-likeness (QED) is 0.527. The lowest BCUT2D eigenvalue weighted by Crippen LogP contribution is -2.58. The molecule has 1 fully saturated rings. The Kier molecular flexibility index (Phi) is 3.43. The maximum atomic E-state index is 11.9. The Bertz CT molecular complexity index is 275. The molecule has 15 heavy (non-hydrogen) atoms. The van der Waals surface area contributed by atoms with E-state index in [9.17, 15) is 22.8 Å². The van der Waals surface area contributed by atoms with Gasteiger partial charge in [0.25, 0.3) is 0 Å². The first-order valence-corrected chi connectivity index (χ1v) is 4.49. The number of amides is 1. The molecule has 0 aromatic heterocycles. The lowest BCUT2D eigenvalue weighted by atomic mass is 10.1. The monoisotopic (exact) mass is 245 g/mol. The van der Waals surface area contributed by atoms with E-state index in [0.29, 0.717) is 4.90 Å². The number of likely N-dealkylation sites (tertiary alicyclic amines) is 1. The minimum atomic E-state index is -4.87. The van der Waals surface area contributed by atoms with Crippen molar-refractivity contribution in [3.05, 3.63) is 0 Å². The number of ether oxygens (including phenoxy) is 1. The van der Waals surface area contributed by atoms with Crippen molar-refractivity contribution >= 4 is 23.5 Å². The molecule has 1 aliphatic rings. The number of hydrogen-bond acceptors (Lipinski definition) is 3. The fourth-order valence-electron chi connectivity index (χ4n) is 1.08. The summed E-state index contributed by atoms with van der Waals surface area (Å²) in [5.41, 5.74) is 0. The highest BCUT2D eigenvalue weighted by Crippen LogP contribution is 2.23. The largest absolute Gasteiger partial charge is 0.471 e.